The fourth-order valence-electron chi connectivity index (χ4n) is 5.75. The molecule has 1 aromatic heterocycles. The summed E-state index contributed by atoms with van der Waals surface area (Å²) in [5.74, 6) is -1.78. The summed E-state index contributed by atoms with van der Waals surface area (Å²) in [4.78, 5) is 15.9. The number of alkyl halides is 2. The first-order valence-corrected chi connectivity index (χ1v) is 13.2. The zero-order valence-electron chi connectivity index (χ0n) is 20.9. The lowest BCUT2D eigenvalue weighted by molar-refractivity contribution is 0.0136. The largest absolute Gasteiger partial charge is 0.462 e. The lowest BCUT2D eigenvalue weighted by Crippen LogP contribution is -2.45. The Labute approximate surface area is 220 Å². The number of anilines is 2. The minimum absolute atomic E-state index is 0.133. The van der Waals surface area contributed by atoms with Gasteiger partial charge in [0.1, 0.15) is 12.4 Å². The zero-order valence-corrected chi connectivity index (χ0v) is 21.6. The van der Waals surface area contributed by atoms with Gasteiger partial charge in [0, 0.05) is 61.8 Å². The molecule has 196 valence electrons. The van der Waals surface area contributed by atoms with Crippen LogP contribution in [-0.2, 0) is 13.0 Å². The summed E-state index contributed by atoms with van der Waals surface area (Å²) >= 11 is 6.63. The Bertz CT molecular complexity index is 1300. The maximum Gasteiger partial charge on any atom is 0.318 e. The second kappa shape index (κ2) is 9.85. The fourth-order valence-corrected chi connectivity index (χ4v) is 6.03. The first kappa shape index (κ1) is 24.6. The number of likely N-dealkylation sites (N-methyl/N-ethyl adjacent to an activating group) is 1. The molecule has 3 aromatic rings. The quantitative estimate of drug-likeness (QED) is 0.537. The Morgan fingerprint density at radius 2 is 1.86 bits per heavy atom. The molecule has 37 heavy (non-hydrogen) atoms. The molecular formula is C27H31ClF2N6O. The van der Waals surface area contributed by atoms with Crippen molar-refractivity contribution in [3.8, 4) is 6.01 Å². The van der Waals surface area contributed by atoms with Crippen molar-refractivity contribution in [2.24, 2.45) is 0 Å². The van der Waals surface area contributed by atoms with Gasteiger partial charge in [0.25, 0.3) is 5.92 Å². The third kappa shape index (κ3) is 4.92. The molecule has 3 aliphatic rings. The number of halogens is 3. The highest BCUT2D eigenvalue weighted by atomic mass is 35.5. The molecule has 0 spiro atoms. The van der Waals surface area contributed by atoms with E-state index in [1.54, 1.807) is 11.9 Å². The molecule has 6 rings (SSSR count). The normalized spacial score (nSPS) is 21.9. The van der Waals surface area contributed by atoms with Gasteiger partial charge in [-0.15, -0.1) is 0 Å². The number of aromatic nitrogens is 2. The zero-order chi connectivity index (χ0) is 25.6. The van der Waals surface area contributed by atoms with Gasteiger partial charge in [-0.1, -0.05) is 35.9 Å². The Morgan fingerprint density at radius 3 is 2.62 bits per heavy atom. The van der Waals surface area contributed by atoms with E-state index in [0.717, 1.165) is 77.7 Å². The van der Waals surface area contributed by atoms with E-state index in [2.05, 4.69) is 39.4 Å². The second-order valence-electron chi connectivity index (χ2n) is 10.2. The molecule has 2 fully saturated rings. The lowest BCUT2D eigenvalue weighted by atomic mass is 10.0. The summed E-state index contributed by atoms with van der Waals surface area (Å²) in [6, 6.07) is 12.1. The molecule has 7 nitrogen and oxygen atoms in total. The first-order chi connectivity index (χ1) is 17.9. The van der Waals surface area contributed by atoms with Crippen LogP contribution in [0.15, 0.2) is 36.4 Å². The van der Waals surface area contributed by atoms with Crippen LogP contribution < -0.4 is 19.9 Å². The number of fused-ring (bicyclic) bond motifs is 2. The van der Waals surface area contributed by atoms with Crippen LogP contribution in [0.5, 0.6) is 6.01 Å². The summed E-state index contributed by atoms with van der Waals surface area (Å²) < 4.78 is 33.8. The number of rotatable bonds is 5. The number of benzene rings is 2. The first-order valence-electron chi connectivity index (χ1n) is 12.9. The topological polar surface area (TPSA) is 56.8 Å². The van der Waals surface area contributed by atoms with Crippen LogP contribution in [-0.4, -0.2) is 79.8 Å². The van der Waals surface area contributed by atoms with Crippen LogP contribution in [0.1, 0.15) is 17.7 Å². The molecule has 0 amide bonds. The molecule has 2 saturated heterocycles. The molecule has 0 bridgehead atoms. The third-order valence-electron chi connectivity index (χ3n) is 7.65. The van der Waals surface area contributed by atoms with E-state index in [9.17, 15) is 8.78 Å². The predicted octanol–water partition coefficient (Wildman–Crippen LogP) is 3.97. The van der Waals surface area contributed by atoms with Crippen molar-refractivity contribution in [2.75, 3.05) is 62.7 Å². The van der Waals surface area contributed by atoms with E-state index < -0.39 is 5.92 Å². The van der Waals surface area contributed by atoms with Gasteiger partial charge < -0.3 is 19.9 Å². The minimum Gasteiger partial charge on any atom is -0.462 e. The van der Waals surface area contributed by atoms with Crippen molar-refractivity contribution in [3.63, 3.8) is 0 Å². The van der Waals surface area contributed by atoms with Crippen molar-refractivity contribution < 1.29 is 13.5 Å². The highest BCUT2D eigenvalue weighted by Crippen LogP contribution is 2.37. The lowest BCUT2D eigenvalue weighted by Gasteiger charge is -2.35. The van der Waals surface area contributed by atoms with Gasteiger partial charge in [0.15, 0.2) is 0 Å². The van der Waals surface area contributed by atoms with Crippen molar-refractivity contribution in [2.45, 2.75) is 31.4 Å². The van der Waals surface area contributed by atoms with Gasteiger partial charge >= 0.3 is 6.01 Å². The Kier molecular flexibility index (Phi) is 6.54. The van der Waals surface area contributed by atoms with E-state index >= 15 is 0 Å². The third-order valence-corrected chi connectivity index (χ3v) is 7.97. The number of hydrogen-bond donors (Lipinski definition) is 1. The average molecular weight is 529 g/mol. The second-order valence-corrected chi connectivity index (χ2v) is 10.6. The maximum atomic E-state index is 13.9. The highest BCUT2D eigenvalue weighted by molar-refractivity contribution is 6.36. The smallest absolute Gasteiger partial charge is 0.318 e. The molecule has 1 atom stereocenters. The molecule has 1 N–H and O–H groups in total. The van der Waals surface area contributed by atoms with E-state index in [4.69, 9.17) is 26.3 Å². The van der Waals surface area contributed by atoms with Gasteiger partial charge in [0.2, 0.25) is 0 Å². The SMILES string of the molecule is CN1CC(F)(F)C[C@H]1COc1nc2c(c(N3CCNCC3)n1)CCN(c1cccc3cccc(Cl)c13)C2. The number of nitrogens with one attached hydrogen (secondary N) is 1. The van der Waals surface area contributed by atoms with Gasteiger partial charge in [-0.25, -0.2) is 8.78 Å². The minimum atomic E-state index is -2.69. The van der Waals surface area contributed by atoms with Crippen molar-refractivity contribution >= 4 is 33.9 Å². The predicted molar refractivity (Wildman–Crippen MR) is 142 cm³/mol. The van der Waals surface area contributed by atoms with E-state index in [-0.39, 0.29) is 31.6 Å². The number of nitrogens with zero attached hydrogens (tertiary/aromatic N) is 5. The fraction of sp³-hybridized carbons (Fsp3) is 0.481. The molecule has 0 aliphatic carbocycles. The number of ether oxygens (including phenoxy) is 1. The van der Waals surface area contributed by atoms with Crippen LogP contribution in [0.2, 0.25) is 5.02 Å². The maximum absolute atomic E-state index is 13.9. The van der Waals surface area contributed by atoms with Gasteiger partial charge in [-0.2, -0.15) is 9.97 Å². The molecule has 0 saturated carbocycles. The Hall–Kier alpha value is -2.75. The molecule has 2 aromatic carbocycles. The monoisotopic (exact) mass is 528 g/mol. The van der Waals surface area contributed by atoms with Crippen LogP contribution in [0.4, 0.5) is 20.3 Å². The molecule has 0 radical (unpaired) electrons. The summed E-state index contributed by atoms with van der Waals surface area (Å²) in [5.41, 5.74) is 3.13. The Balaban J connectivity index is 1.32. The summed E-state index contributed by atoms with van der Waals surface area (Å²) in [5, 5.41) is 6.25. The standard InChI is InChI=1S/C27H31ClF2N6O/c1-34-17-27(29,30)14-19(34)16-37-26-32-22-15-36(23-7-3-5-18-4-2-6-21(28)24(18)23)11-8-20(22)25(33-26)35-12-9-31-10-13-35/h2-7,19,31H,8-17H2,1H3/t19-/m0/s1. The highest BCUT2D eigenvalue weighted by Gasteiger charge is 2.43. The molecule has 3 aliphatic heterocycles. The van der Waals surface area contributed by atoms with E-state index in [1.807, 2.05) is 12.1 Å². The van der Waals surface area contributed by atoms with Gasteiger partial charge in [-0.05, 0) is 31.0 Å². The number of hydrogen-bond acceptors (Lipinski definition) is 7. The van der Waals surface area contributed by atoms with Gasteiger partial charge in [0.05, 0.1) is 23.8 Å². The van der Waals surface area contributed by atoms with Crippen molar-refractivity contribution in [1.29, 1.82) is 0 Å². The molecule has 4 heterocycles. The van der Waals surface area contributed by atoms with Crippen LogP contribution >= 0.6 is 11.6 Å². The van der Waals surface area contributed by atoms with Crippen LogP contribution in [0, 0.1) is 0 Å². The Morgan fingerprint density at radius 1 is 1.08 bits per heavy atom. The van der Waals surface area contributed by atoms with Crippen molar-refractivity contribution in [3.05, 3.63) is 52.7 Å². The number of piperazine rings is 1. The van der Waals surface area contributed by atoms with Crippen molar-refractivity contribution in [1.82, 2.24) is 20.2 Å². The molecule has 10 heteroatoms. The summed E-state index contributed by atoms with van der Waals surface area (Å²) in [6.45, 7) is 4.78. The molecular weight excluding hydrogens is 498 g/mol. The summed E-state index contributed by atoms with van der Waals surface area (Å²) in [7, 11) is 1.71. The van der Waals surface area contributed by atoms with Crippen LogP contribution in [0.3, 0.4) is 0 Å². The average Bonchev–Trinajstić information content (AvgIpc) is 3.17. The van der Waals surface area contributed by atoms with E-state index in [1.165, 1.54) is 0 Å². The van der Waals surface area contributed by atoms with E-state index in [0.29, 0.717) is 6.54 Å². The van der Waals surface area contributed by atoms with Crippen LogP contribution in [0.25, 0.3) is 10.8 Å². The van der Waals surface area contributed by atoms with Gasteiger partial charge in [-0.3, -0.25) is 4.90 Å². The number of likely N-dealkylation sites (tertiary alicyclic amines) is 1. The summed E-state index contributed by atoms with van der Waals surface area (Å²) in [6.07, 6.45) is 0.585. The molecule has 0 unspecified atom stereocenters.